The van der Waals surface area contributed by atoms with E-state index in [1.54, 1.807) is 37.7 Å². The maximum Gasteiger partial charge on any atom is 0.267 e. The van der Waals surface area contributed by atoms with Crippen LogP contribution in [0, 0.1) is 0 Å². The second-order valence-corrected chi connectivity index (χ2v) is 7.74. The normalized spacial score (nSPS) is 11.0. The lowest BCUT2D eigenvalue weighted by Crippen LogP contribution is -2.30. The predicted octanol–water partition coefficient (Wildman–Crippen LogP) is 3.51. The number of ether oxygens (including phenoxy) is 1. The number of anilines is 2. The van der Waals surface area contributed by atoms with E-state index < -0.39 is 0 Å². The molecule has 0 radical (unpaired) electrons. The number of hydrogen-bond donors (Lipinski definition) is 4. The highest BCUT2D eigenvalue weighted by atomic mass is 35.5. The van der Waals surface area contributed by atoms with Crippen LogP contribution in [0.3, 0.4) is 0 Å². The summed E-state index contributed by atoms with van der Waals surface area (Å²) in [5.41, 5.74) is 4.25. The third-order valence-corrected chi connectivity index (χ3v) is 5.19. The van der Waals surface area contributed by atoms with Crippen LogP contribution in [0.1, 0.15) is 16.1 Å². The molecule has 9 nitrogen and oxygen atoms in total. The van der Waals surface area contributed by atoms with Crippen molar-refractivity contribution in [1.82, 2.24) is 30.6 Å². The Balaban J connectivity index is 1.56. The molecular formula is C23H24ClN7O2. The van der Waals surface area contributed by atoms with E-state index in [0.717, 1.165) is 16.6 Å². The highest BCUT2D eigenvalue weighted by Crippen LogP contribution is 2.29. The van der Waals surface area contributed by atoms with Crippen LogP contribution >= 0.6 is 11.6 Å². The first-order chi connectivity index (χ1) is 16.1. The van der Waals surface area contributed by atoms with E-state index in [0.29, 0.717) is 53.3 Å². The summed E-state index contributed by atoms with van der Waals surface area (Å²) in [4.78, 5) is 28.7. The summed E-state index contributed by atoms with van der Waals surface area (Å²) in [7, 11) is 3.48. The molecule has 0 saturated heterocycles. The Bertz CT molecular complexity index is 1270. The molecule has 1 amide bonds. The number of hydrogen-bond acceptors (Lipinski definition) is 7. The summed E-state index contributed by atoms with van der Waals surface area (Å²) >= 11 is 6.47. The first-order valence-corrected chi connectivity index (χ1v) is 10.7. The topological polar surface area (TPSA) is 117 Å². The molecule has 4 rings (SSSR count). The highest BCUT2D eigenvalue weighted by molar-refractivity contribution is 6.35. The number of fused-ring (bicyclic) bond motifs is 1. The number of benzene rings is 1. The quantitative estimate of drug-likeness (QED) is 0.279. The summed E-state index contributed by atoms with van der Waals surface area (Å²) in [5, 5.41) is 10.3. The summed E-state index contributed by atoms with van der Waals surface area (Å²) in [6.07, 6.45) is 3.39. The average Bonchev–Trinajstić information content (AvgIpc) is 3.25. The predicted molar refractivity (Wildman–Crippen MR) is 129 cm³/mol. The lowest BCUT2D eigenvalue weighted by atomic mass is 10.2. The minimum Gasteiger partial charge on any atom is -0.380 e. The molecule has 0 saturated carbocycles. The van der Waals surface area contributed by atoms with Crippen molar-refractivity contribution in [3.05, 3.63) is 65.1 Å². The zero-order chi connectivity index (χ0) is 23.2. The van der Waals surface area contributed by atoms with Crippen LogP contribution in [0.4, 0.5) is 11.6 Å². The Kier molecular flexibility index (Phi) is 7.13. The smallest absolute Gasteiger partial charge is 0.267 e. The summed E-state index contributed by atoms with van der Waals surface area (Å²) in [5.74, 6) is 0.216. The third-order valence-electron chi connectivity index (χ3n) is 4.89. The SMILES string of the molecule is CNCCNC(=O)c1cc2cc(Nc3nccc(-c4cc(COC)ccn4)n3)cc(Cl)c2[nH]1. The molecule has 0 aliphatic rings. The molecular weight excluding hydrogens is 442 g/mol. The van der Waals surface area contributed by atoms with Crippen LogP contribution in [0.25, 0.3) is 22.3 Å². The number of carbonyl (C=O) groups is 1. The molecule has 0 spiro atoms. The Morgan fingerprint density at radius 1 is 1.09 bits per heavy atom. The molecule has 170 valence electrons. The van der Waals surface area contributed by atoms with Crippen LogP contribution in [0.5, 0.6) is 0 Å². The average molecular weight is 466 g/mol. The fraction of sp³-hybridized carbons (Fsp3) is 0.217. The first kappa shape index (κ1) is 22.7. The van der Waals surface area contributed by atoms with Crippen molar-refractivity contribution >= 4 is 40.0 Å². The number of likely N-dealkylation sites (N-methyl/N-ethyl adjacent to an activating group) is 1. The second kappa shape index (κ2) is 10.4. The van der Waals surface area contributed by atoms with Gasteiger partial charge in [0.25, 0.3) is 5.91 Å². The van der Waals surface area contributed by atoms with Crippen molar-refractivity contribution in [3.8, 4) is 11.4 Å². The largest absolute Gasteiger partial charge is 0.380 e. The van der Waals surface area contributed by atoms with E-state index in [1.165, 1.54) is 0 Å². The molecule has 0 aliphatic carbocycles. The van der Waals surface area contributed by atoms with Crippen molar-refractivity contribution < 1.29 is 9.53 Å². The molecule has 0 fully saturated rings. The molecule has 1 aromatic carbocycles. The minimum absolute atomic E-state index is 0.189. The van der Waals surface area contributed by atoms with E-state index in [1.807, 2.05) is 25.2 Å². The molecule has 0 atom stereocenters. The van der Waals surface area contributed by atoms with Gasteiger partial charge in [0.1, 0.15) is 5.69 Å². The Morgan fingerprint density at radius 2 is 1.94 bits per heavy atom. The molecule has 3 aromatic heterocycles. The molecule has 33 heavy (non-hydrogen) atoms. The van der Waals surface area contributed by atoms with Crippen molar-refractivity contribution in [2.75, 3.05) is 32.6 Å². The monoisotopic (exact) mass is 465 g/mol. The van der Waals surface area contributed by atoms with Crippen LogP contribution < -0.4 is 16.0 Å². The Hall–Kier alpha value is -3.53. The number of halogens is 1. The fourth-order valence-corrected chi connectivity index (χ4v) is 3.63. The number of amides is 1. The summed E-state index contributed by atoms with van der Waals surface area (Å²) in [6, 6.07) is 11.0. The number of nitrogens with zero attached hydrogens (tertiary/aromatic N) is 3. The minimum atomic E-state index is -0.189. The molecule has 3 heterocycles. The van der Waals surface area contributed by atoms with E-state index in [9.17, 15) is 4.79 Å². The van der Waals surface area contributed by atoms with Crippen LogP contribution in [0.15, 0.2) is 48.8 Å². The van der Waals surface area contributed by atoms with Crippen LogP contribution in [-0.2, 0) is 11.3 Å². The summed E-state index contributed by atoms with van der Waals surface area (Å²) in [6.45, 7) is 1.71. The van der Waals surface area contributed by atoms with Gasteiger partial charge in [0.05, 0.1) is 28.5 Å². The van der Waals surface area contributed by atoms with Gasteiger partial charge in [0.2, 0.25) is 5.95 Å². The molecule has 10 heteroatoms. The van der Waals surface area contributed by atoms with E-state index >= 15 is 0 Å². The van der Waals surface area contributed by atoms with Crippen molar-refractivity contribution in [3.63, 3.8) is 0 Å². The second-order valence-electron chi connectivity index (χ2n) is 7.34. The fourth-order valence-electron chi connectivity index (χ4n) is 3.35. The number of carbonyl (C=O) groups excluding carboxylic acids is 1. The summed E-state index contributed by atoms with van der Waals surface area (Å²) < 4.78 is 5.19. The molecule has 0 aliphatic heterocycles. The third kappa shape index (κ3) is 5.46. The lowest BCUT2D eigenvalue weighted by Gasteiger charge is -2.08. The van der Waals surface area contributed by atoms with Gasteiger partial charge in [-0.25, -0.2) is 9.97 Å². The van der Waals surface area contributed by atoms with Crippen molar-refractivity contribution in [2.45, 2.75) is 6.61 Å². The number of rotatable bonds is 9. The lowest BCUT2D eigenvalue weighted by molar-refractivity contribution is 0.0950. The number of aromatic amines is 1. The van der Waals surface area contributed by atoms with Gasteiger partial charge in [-0.15, -0.1) is 0 Å². The Morgan fingerprint density at radius 3 is 2.76 bits per heavy atom. The van der Waals surface area contributed by atoms with Gasteiger partial charge in [-0.2, -0.15) is 0 Å². The zero-order valence-corrected chi connectivity index (χ0v) is 19.0. The number of nitrogens with one attached hydrogen (secondary N) is 4. The van der Waals surface area contributed by atoms with Crippen LogP contribution in [-0.4, -0.2) is 53.1 Å². The van der Waals surface area contributed by atoms with Gasteiger partial charge in [-0.1, -0.05) is 11.6 Å². The Labute approximate surface area is 196 Å². The molecule has 4 N–H and O–H groups in total. The zero-order valence-electron chi connectivity index (χ0n) is 18.3. The van der Waals surface area contributed by atoms with E-state index in [2.05, 4.69) is 35.9 Å². The van der Waals surface area contributed by atoms with Gasteiger partial charge >= 0.3 is 0 Å². The number of H-pyrrole nitrogens is 1. The maximum atomic E-state index is 12.4. The van der Waals surface area contributed by atoms with Crippen molar-refractivity contribution in [1.29, 1.82) is 0 Å². The standard InChI is InChI=1S/C23H24ClN7O2/c1-25-7-8-27-22(32)20-11-15-10-16(12-17(24)21(15)30-20)29-23-28-6-4-18(31-23)19-9-14(13-33-2)3-5-26-19/h3-6,9-12,25,30H,7-8,13H2,1-2H3,(H,27,32)(H,28,29,31). The maximum absolute atomic E-state index is 12.4. The molecule has 0 unspecified atom stereocenters. The van der Waals surface area contributed by atoms with Gasteiger partial charge in [-0.3, -0.25) is 9.78 Å². The molecule has 0 bridgehead atoms. The van der Waals surface area contributed by atoms with Gasteiger partial charge in [-0.05, 0) is 49.0 Å². The first-order valence-electron chi connectivity index (χ1n) is 10.4. The van der Waals surface area contributed by atoms with Gasteiger partial charge in [0, 0.05) is 43.7 Å². The number of methoxy groups -OCH3 is 1. The van der Waals surface area contributed by atoms with Gasteiger partial charge < -0.3 is 25.7 Å². The van der Waals surface area contributed by atoms with Gasteiger partial charge in [0.15, 0.2) is 0 Å². The van der Waals surface area contributed by atoms with Crippen molar-refractivity contribution in [2.24, 2.45) is 0 Å². The molecule has 4 aromatic rings. The van der Waals surface area contributed by atoms with E-state index in [4.69, 9.17) is 16.3 Å². The number of pyridine rings is 1. The van der Waals surface area contributed by atoms with E-state index in [-0.39, 0.29) is 5.91 Å². The number of aromatic nitrogens is 4. The highest BCUT2D eigenvalue weighted by Gasteiger charge is 2.13. The van der Waals surface area contributed by atoms with Crippen LogP contribution in [0.2, 0.25) is 5.02 Å².